The molecule has 5 nitrogen and oxygen atoms in total. The molecule has 84 valence electrons. The first-order valence-electron chi connectivity index (χ1n) is 5.07. The summed E-state index contributed by atoms with van der Waals surface area (Å²) >= 11 is 0. The van der Waals surface area contributed by atoms with Crippen LogP contribution in [0.1, 0.15) is 11.4 Å². The molecule has 2 aromatic heterocycles. The molecule has 0 atom stereocenters. The molecule has 0 unspecified atom stereocenters. The van der Waals surface area contributed by atoms with Crippen molar-refractivity contribution in [2.24, 2.45) is 0 Å². The van der Waals surface area contributed by atoms with Gasteiger partial charge >= 0.3 is 0 Å². The van der Waals surface area contributed by atoms with Crippen LogP contribution in [0.5, 0.6) is 11.6 Å². The maximum atomic E-state index is 5.58. The van der Waals surface area contributed by atoms with E-state index in [2.05, 4.69) is 20.5 Å². The van der Waals surface area contributed by atoms with Gasteiger partial charge in [0.25, 0.3) is 0 Å². The Morgan fingerprint density at radius 2 is 2.31 bits per heavy atom. The SMILES string of the molecule is CNCc1cc(Oc2cc(C)[nH]n2)ccn1. The minimum atomic E-state index is 0.569. The van der Waals surface area contributed by atoms with Crippen LogP contribution in [0.3, 0.4) is 0 Å². The molecule has 0 aliphatic carbocycles. The van der Waals surface area contributed by atoms with Gasteiger partial charge < -0.3 is 10.1 Å². The zero-order valence-electron chi connectivity index (χ0n) is 9.32. The fraction of sp³-hybridized carbons (Fsp3) is 0.273. The molecule has 16 heavy (non-hydrogen) atoms. The predicted octanol–water partition coefficient (Wildman–Crippen LogP) is 1.62. The smallest absolute Gasteiger partial charge is 0.238 e. The van der Waals surface area contributed by atoms with Crippen LogP contribution in [-0.2, 0) is 6.54 Å². The molecule has 0 amide bonds. The lowest BCUT2D eigenvalue weighted by Crippen LogP contribution is -2.06. The second-order valence-electron chi connectivity index (χ2n) is 3.50. The van der Waals surface area contributed by atoms with Gasteiger partial charge in [0, 0.05) is 30.6 Å². The Balaban J connectivity index is 2.12. The van der Waals surface area contributed by atoms with E-state index >= 15 is 0 Å². The van der Waals surface area contributed by atoms with E-state index in [0.29, 0.717) is 5.88 Å². The second kappa shape index (κ2) is 4.76. The quantitative estimate of drug-likeness (QED) is 0.818. The van der Waals surface area contributed by atoms with Crippen LogP contribution in [-0.4, -0.2) is 22.2 Å². The van der Waals surface area contributed by atoms with E-state index in [9.17, 15) is 0 Å². The summed E-state index contributed by atoms with van der Waals surface area (Å²) < 4.78 is 5.58. The average molecular weight is 218 g/mol. The summed E-state index contributed by atoms with van der Waals surface area (Å²) in [5.41, 5.74) is 1.91. The van der Waals surface area contributed by atoms with Gasteiger partial charge in [-0.25, -0.2) is 0 Å². The van der Waals surface area contributed by atoms with E-state index < -0.39 is 0 Å². The molecule has 0 radical (unpaired) electrons. The zero-order chi connectivity index (χ0) is 11.4. The normalized spacial score (nSPS) is 10.4. The average Bonchev–Trinajstić information content (AvgIpc) is 2.65. The van der Waals surface area contributed by atoms with Crippen molar-refractivity contribution in [3.63, 3.8) is 0 Å². The third kappa shape index (κ3) is 2.58. The first kappa shape index (κ1) is 10.6. The molecule has 0 spiro atoms. The van der Waals surface area contributed by atoms with Crippen LogP contribution >= 0.6 is 0 Å². The number of ether oxygens (including phenoxy) is 1. The maximum Gasteiger partial charge on any atom is 0.238 e. The van der Waals surface area contributed by atoms with Gasteiger partial charge in [0.1, 0.15) is 5.75 Å². The Kier molecular flexibility index (Phi) is 3.16. The van der Waals surface area contributed by atoms with Gasteiger partial charge in [-0.15, -0.1) is 5.10 Å². The fourth-order valence-corrected chi connectivity index (χ4v) is 1.36. The van der Waals surface area contributed by atoms with Crippen molar-refractivity contribution in [2.45, 2.75) is 13.5 Å². The standard InChI is InChI=1S/C11H14N4O/c1-8-5-11(15-14-8)16-10-3-4-13-9(6-10)7-12-2/h3-6,12H,7H2,1-2H3,(H,14,15). The summed E-state index contributed by atoms with van der Waals surface area (Å²) in [5.74, 6) is 1.31. The number of aryl methyl sites for hydroxylation is 1. The summed E-state index contributed by atoms with van der Waals surface area (Å²) in [4.78, 5) is 4.21. The van der Waals surface area contributed by atoms with Crippen molar-refractivity contribution in [3.05, 3.63) is 35.8 Å². The number of aromatic amines is 1. The summed E-state index contributed by atoms with van der Waals surface area (Å²) in [5, 5.41) is 9.87. The number of aromatic nitrogens is 3. The van der Waals surface area contributed by atoms with Crippen molar-refractivity contribution < 1.29 is 4.74 Å². The molecule has 0 aliphatic rings. The number of nitrogens with one attached hydrogen (secondary N) is 2. The number of H-pyrrole nitrogens is 1. The Bertz CT molecular complexity index is 467. The van der Waals surface area contributed by atoms with Crippen LogP contribution < -0.4 is 10.1 Å². The lowest BCUT2D eigenvalue weighted by Gasteiger charge is -2.03. The van der Waals surface area contributed by atoms with Gasteiger partial charge in [0.15, 0.2) is 0 Å². The second-order valence-corrected chi connectivity index (χ2v) is 3.50. The summed E-state index contributed by atoms with van der Waals surface area (Å²) in [6.07, 6.45) is 1.72. The van der Waals surface area contributed by atoms with Gasteiger partial charge in [-0.05, 0) is 20.0 Å². The van der Waals surface area contributed by atoms with E-state index in [1.165, 1.54) is 0 Å². The van der Waals surface area contributed by atoms with Gasteiger partial charge in [-0.3, -0.25) is 10.1 Å². The Morgan fingerprint density at radius 3 is 3.00 bits per heavy atom. The third-order valence-electron chi connectivity index (χ3n) is 2.05. The minimum Gasteiger partial charge on any atom is -0.437 e. The molecule has 0 fully saturated rings. The molecule has 0 aromatic carbocycles. The third-order valence-corrected chi connectivity index (χ3v) is 2.05. The molecule has 0 bridgehead atoms. The van der Waals surface area contributed by atoms with Crippen LogP contribution in [0.25, 0.3) is 0 Å². The van der Waals surface area contributed by atoms with Gasteiger partial charge in [-0.2, -0.15) is 0 Å². The van der Waals surface area contributed by atoms with Crippen LogP contribution in [0.15, 0.2) is 24.4 Å². The lowest BCUT2D eigenvalue weighted by molar-refractivity contribution is 0.460. The number of pyridine rings is 1. The van der Waals surface area contributed by atoms with E-state index in [0.717, 1.165) is 23.7 Å². The molecule has 0 saturated carbocycles. The largest absolute Gasteiger partial charge is 0.437 e. The highest BCUT2D eigenvalue weighted by molar-refractivity contribution is 5.27. The van der Waals surface area contributed by atoms with Gasteiger partial charge in [0.05, 0.1) is 5.69 Å². The summed E-state index contributed by atoms with van der Waals surface area (Å²) in [6.45, 7) is 2.65. The van der Waals surface area contributed by atoms with E-state index in [1.54, 1.807) is 6.20 Å². The highest BCUT2D eigenvalue weighted by Crippen LogP contribution is 2.19. The number of hydrogen-bond acceptors (Lipinski definition) is 4. The van der Waals surface area contributed by atoms with Crippen LogP contribution in [0.2, 0.25) is 0 Å². The number of rotatable bonds is 4. The van der Waals surface area contributed by atoms with Crippen molar-refractivity contribution in [1.29, 1.82) is 0 Å². The summed E-state index contributed by atoms with van der Waals surface area (Å²) in [6, 6.07) is 5.54. The van der Waals surface area contributed by atoms with Crippen molar-refractivity contribution in [1.82, 2.24) is 20.5 Å². The monoisotopic (exact) mass is 218 g/mol. The first-order valence-corrected chi connectivity index (χ1v) is 5.07. The molecule has 0 saturated heterocycles. The maximum absolute atomic E-state index is 5.58. The molecular formula is C11H14N4O. The number of hydrogen-bond donors (Lipinski definition) is 2. The Labute approximate surface area is 93.9 Å². The predicted molar refractivity (Wildman–Crippen MR) is 60.4 cm³/mol. The number of nitrogens with zero attached hydrogens (tertiary/aromatic N) is 2. The molecule has 2 heterocycles. The van der Waals surface area contributed by atoms with Crippen LogP contribution in [0.4, 0.5) is 0 Å². The zero-order valence-corrected chi connectivity index (χ0v) is 9.32. The molecule has 5 heteroatoms. The van der Waals surface area contributed by atoms with E-state index in [-0.39, 0.29) is 0 Å². The summed E-state index contributed by atoms with van der Waals surface area (Å²) in [7, 11) is 1.88. The molecular weight excluding hydrogens is 204 g/mol. The lowest BCUT2D eigenvalue weighted by atomic mass is 10.3. The van der Waals surface area contributed by atoms with Crippen molar-refractivity contribution in [3.8, 4) is 11.6 Å². The van der Waals surface area contributed by atoms with E-state index in [4.69, 9.17) is 4.74 Å². The van der Waals surface area contributed by atoms with E-state index in [1.807, 2.05) is 32.2 Å². The van der Waals surface area contributed by atoms with Crippen molar-refractivity contribution in [2.75, 3.05) is 7.05 Å². The van der Waals surface area contributed by atoms with Gasteiger partial charge in [-0.1, -0.05) is 0 Å². The Morgan fingerprint density at radius 1 is 1.44 bits per heavy atom. The topological polar surface area (TPSA) is 62.8 Å². The Hall–Kier alpha value is -1.88. The molecule has 2 aromatic rings. The van der Waals surface area contributed by atoms with Crippen LogP contribution in [0, 0.1) is 6.92 Å². The fourth-order valence-electron chi connectivity index (χ4n) is 1.36. The highest BCUT2D eigenvalue weighted by Gasteiger charge is 2.02. The van der Waals surface area contributed by atoms with Gasteiger partial charge in [0.2, 0.25) is 5.88 Å². The van der Waals surface area contributed by atoms with Crippen molar-refractivity contribution >= 4 is 0 Å². The highest BCUT2D eigenvalue weighted by atomic mass is 16.5. The minimum absolute atomic E-state index is 0.569. The molecule has 2 N–H and O–H groups in total. The molecule has 0 aliphatic heterocycles. The first-order chi connectivity index (χ1) is 7.78. The molecule has 2 rings (SSSR count).